The highest BCUT2D eigenvalue weighted by Crippen LogP contribution is 2.24. The molecule has 2 aromatic heterocycles. The maximum Gasteiger partial charge on any atom is 0.230 e. The minimum atomic E-state index is 0.248. The number of aryl methyl sites for hydroxylation is 1. The molecule has 2 aliphatic rings. The van der Waals surface area contributed by atoms with Gasteiger partial charge in [-0.25, -0.2) is 9.97 Å². The van der Waals surface area contributed by atoms with Crippen molar-refractivity contribution in [1.29, 1.82) is 0 Å². The molecule has 0 saturated carbocycles. The molecule has 144 valence electrons. The van der Waals surface area contributed by atoms with E-state index in [1.54, 1.807) is 6.20 Å². The number of nitrogens with zero attached hydrogens (tertiary/aromatic N) is 8. The SMILES string of the molecule is Cc1nc(N)ncc1-c1nc(N2CCOCC2)nc(N2CCN(C)CC2)n1. The molecule has 0 atom stereocenters. The second-order valence-electron chi connectivity index (χ2n) is 6.88. The van der Waals surface area contributed by atoms with Crippen LogP contribution in [0.5, 0.6) is 0 Å². The highest BCUT2D eigenvalue weighted by molar-refractivity contribution is 5.60. The van der Waals surface area contributed by atoms with Gasteiger partial charge in [0.1, 0.15) is 0 Å². The van der Waals surface area contributed by atoms with Crippen LogP contribution in [0, 0.1) is 6.92 Å². The van der Waals surface area contributed by atoms with Crippen LogP contribution >= 0.6 is 0 Å². The lowest BCUT2D eigenvalue weighted by atomic mass is 10.2. The van der Waals surface area contributed by atoms with Crippen LogP contribution in [0.1, 0.15) is 5.69 Å². The molecule has 10 heteroatoms. The number of nitrogen functional groups attached to an aromatic ring is 1. The standard InChI is InChI=1S/C17H25N9O/c1-12-13(11-19-15(18)20-12)14-21-16(25-5-3-24(2)4-6-25)23-17(22-14)26-7-9-27-10-8-26/h11H,3-10H2,1-2H3,(H2,18,19,20). The number of anilines is 3. The van der Waals surface area contributed by atoms with E-state index in [-0.39, 0.29) is 5.95 Å². The molecule has 0 unspecified atom stereocenters. The Labute approximate surface area is 158 Å². The lowest BCUT2D eigenvalue weighted by Gasteiger charge is -2.33. The summed E-state index contributed by atoms with van der Waals surface area (Å²) in [5, 5.41) is 0. The predicted molar refractivity (Wildman–Crippen MR) is 103 cm³/mol. The van der Waals surface area contributed by atoms with Gasteiger partial charge >= 0.3 is 0 Å². The van der Waals surface area contributed by atoms with Crippen molar-refractivity contribution in [1.82, 2.24) is 29.8 Å². The molecule has 2 saturated heterocycles. The van der Waals surface area contributed by atoms with Crippen molar-refractivity contribution in [3.63, 3.8) is 0 Å². The van der Waals surface area contributed by atoms with E-state index >= 15 is 0 Å². The Bertz CT molecular complexity index is 801. The van der Waals surface area contributed by atoms with Crippen molar-refractivity contribution in [3.05, 3.63) is 11.9 Å². The molecule has 2 fully saturated rings. The van der Waals surface area contributed by atoms with E-state index in [2.05, 4.69) is 31.7 Å². The first-order chi connectivity index (χ1) is 13.1. The van der Waals surface area contributed by atoms with Crippen molar-refractivity contribution < 1.29 is 4.74 Å². The Hall–Kier alpha value is -2.59. The number of rotatable bonds is 3. The molecular weight excluding hydrogens is 346 g/mol. The third-order valence-corrected chi connectivity index (χ3v) is 4.93. The summed E-state index contributed by atoms with van der Waals surface area (Å²) in [5.74, 6) is 2.20. The quantitative estimate of drug-likeness (QED) is 0.779. The molecule has 0 radical (unpaired) electrons. The first-order valence-corrected chi connectivity index (χ1v) is 9.22. The van der Waals surface area contributed by atoms with Gasteiger partial charge in [0.2, 0.25) is 17.8 Å². The van der Waals surface area contributed by atoms with Gasteiger partial charge in [-0.1, -0.05) is 0 Å². The van der Waals surface area contributed by atoms with Crippen molar-refractivity contribution in [3.8, 4) is 11.4 Å². The molecule has 0 aliphatic carbocycles. The minimum Gasteiger partial charge on any atom is -0.378 e. The Morgan fingerprint density at radius 2 is 1.52 bits per heavy atom. The van der Waals surface area contributed by atoms with E-state index in [1.807, 2.05) is 6.92 Å². The summed E-state index contributed by atoms with van der Waals surface area (Å²) in [6, 6.07) is 0. The van der Waals surface area contributed by atoms with E-state index in [4.69, 9.17) is 25.4 Å². The number of hydrogen-bond acceptors (Lipinski definition) is 10. The zero-order valence-electron chi connectivity index (χ0n) is 15.8. The molecule has 0 aromatic carbocycles. The third kappa shape index (κ3) is 3.91. The van der Waals surface area contributed by atoms with Crippen LogP contribution in [0.3, 0.4) is 0 Å². The molecular formula is C17H25N9O. The zero-order valence-corrected chi connectivity index (χ0v) is 15.8. The van der Waals surface area contributed by atoms with Crippen LogP contribution in [0.25, 0.3) is 11.4 Å². The van der Waals surface area contributed by atoms with Gasteiger partial charge in [0, 0.05) is 45.5 Å². The lowest BCUT2D eigenvalue weighted by Crippen LogP contribution is -2.45. The smallest absolute Gasteiger partial charge is 0.230 e. The van der Waals surface area contributed by atoms with Gasteiger partial charge in [-0.05, 0) is 14.0 Å². The number of ether oxygens (including phenoxy) is 1. The summed E-state index contributed by atoms with van der Waals surface area (Å²) in [6.07, 6.45) is 1.68. The van der Waals surface area contributed by atoms with Gasteiger partial charge in [-0.3, -0.25) is 0 Å². The molecule has 0 spiro atoms. The number of aromatic nitrogens is 5. The Balaban J connectivity index is 1.74. The summed E-state index contributed by atoms with van der Waals surface area (Å²) >= 11 is 0. The van der Waals surface area contributed by atoms with Crippen LogP contribution in [0.15, 0.2) is 6.20 Å². The summed E-state index contributed by atoms with van der Waals surface area (Å²) in [7, 11) is 2.13. The molecule has 27 heavy (non-hydrogen) atoms. The monoisotopic (exact) mass is 371 g/mol. The van der Waals surface area contributed by atoms with Crippen molar-refractivity contribution in [2.24, 2.45) is 0 Å². The molecule has 2 aromatic rings. The van der Waals surface area contributed by atoms with Gasteiger partial charge in [-0.15, -0.1) is 0 Å². The minimum absolute atomic E-state index is 0.248. The first kappa shape index (κ1) is 17.8. The predicted octanol–water partition coefficient (Wildman–Crippen LogP) is -0.192. The summed E-state index contributed by atoms with van der Waals surface area (Å²) < 4.78 is 5.46. The number of piperazine rings is 1. The number of likely N-dealkylation sites (N-methyl/N-ethyl adjacent to an activating group) is 1. The highest BCUT2D eigenvalue weighted by atomic mass is 16.5. The summed E-state index contributed by atoms with van der Waals surface area (Å²) in [4.78, 5) is 29.3. The van der Waals surface area contributed by atoms with Crippen LogP contribution in [0.2, 0.25) is 0 Å². The number of hydrogen-bond donors (Lipinski definition) is 1. The van der Waals surface area contributed by atoms with Gasteiger partial charge in [0.05, 0.1) is 24.5 Å². The van der Waals surface area contributed by atoms with Crippen LogP contribution in [-0.2, 0) is 4.74 Å². The van der Waals surface area contributed by atoms with Crippen molar-refractivity contribution in [2.45, 2.75) is 6.92 Å². The summed E-state index contributed by atoms with van der Waals surface area (Å²) in [6.45, 7) is 8.52. The van der Waals surface area contributed by atoms with Gasteiger partial charge in [0.15, 0.2) is 5.82 Å². The van der Waals surface area contributed by atoms with Gasteiger partial charge in [0.25, 0.3) is 0 Å². The first-order valence-electron chi connectivity index (χ1n) is 9.22. The molecule has 0 bridgehead atoms. The average Bonchev–Trinajstić information content (AvgIpc) is 2.69. The maximum absolute atomic E-state index is 5.70. The van der Waals surface area contributed by atoms with Gasteiger partial charge < -0.3 is 25.2 Å². The molecule has 0 amide bonds. The fourth-order valence-electron chi connectivity index (χ4n) is 3.23. The second kappa shape index (κ2) is 7.57. The largest absolute Gasteiger partial charge is 0.378 e. The van der Waals surface area contributed by atoms with Crippen molar-refractivity contribution in [2.75, 3.05) is 75.1 Å². The molecule has 2 N–H and O–H groups in total. The van der Waals surface area contributed by atoms with Crippen molar-refractivity contribution >= 4 is 17.8 Å². The van der Waals surface area contributed by atoms with E-state index < -0.39 is 0 Å². The third-order valence-electron chi connectivity index (χ3n) is 4.93. The highest BCUT2D eigenvalue weighted by Gasteiger charge is 2.22. The second-order valence-corrected chi connectivity index (χ2v) is 6.88. The molecule has 10 nitrogen and oxygen atoms in total. The van der Waals surface area contributed by atoms with E-state index in [0.717, 1.165) is 50.5 Å². The number of nitrogens with two attached hydrogens (primary N) is 1. The topological polar surface area (TPSA) is 109 Å². The Kier molecular flexibility index (Phi) is 4.99. The van der Waals surface area contributed by atoms with Gasteiger partial charge in [-0.2, -0.15) is 15.0 Å². The van der Waals surface area contributed by atoms with Crippen LogP contribution < -0.4 is 15.5 Å². The number of morpholine rings is 1. The van der Waals surface area contributed by atoms with E-state index in [1.165, 1.54) is 0 Å². The maximum atomic E-state index is 5.70. The zero-order chi connectivity index (χ0) is 18.8. The molecule has 2 aliphatic heterocycles. The van der Waals surface area contributed by atoms with E-state index in [0.29, 0.717) is 30.9 Å². The lowest BCUT2D eigenvalue weighted by molar-refractivity contribution is 0.122. The normalized spacial score (nSPS) is 18.7. The Morgan fingerprint density at radius 1 is 0.889 bits per heavy atom. The average molecular weight is 371 g/mol. The fraction of sp³-hybridized carbons (Fsp3) is 0.588. The molecule has 4 heterocycles. The fourth-order valence-corrected chi connectivity index (χ4v) is 3.23. The summed E-state index contributed by atoms with van der Waals surface area (Å²) in [5.41, 5.74) is 7.23. The Morgan fingerprint density at radius 3 is 2.15 bits per heavy atom. The van der Waals surface area contributed by atoms with Crippen LogP contribution in [0.4, 0.5) is 17.8 Å². The van der Waals surface area contributed by atoms with E-state index in [9.17, 15) is 0 Å². The van der Waals surface area contributed by atoms with Crippen LogP contribution in [-0.4, -0.2) is 89.3 Å². The molecule has 4 rings (SSSR count).